The molecule has 4 nitrogen and oxygen atoms in total. The van der Waals surface area contributed by atoms with Crippen LogP contribution < -0.4 is 5.32 Å². The van der Waals surface area contributed by atoms with Gasteiger partial charge in [-0.25, -0.2) is 4.99 Å². The van der Waals surface area contributed by atoms with Crippen LogP contribution >= 0.6 is 0 Å². The van der Waals surface area contributed by atoms with Gasteiger partial charge in [0.2, 0.25) is 0 Å². The second-order valence-corrected chi connectivity index (χ2v) is 3.13. The minimum Gasteiger partial charge on any atom is -0.481 e. The van der Waals surface area contributed by atoms with Gasteiger partial charge in [-0.2, -0.15) is 0 Å². The summed E-state index contributed by atoms with van der Waals surface area (Å²) in [5, 5.41) is 11.6. The predicted octanol–water partition coefficient (Wildman–Crippen LogP) is 1.47. The van der Waals surface area contributed by atoms with Crippen molar-refractivity contribution in [2.45, 2.75) is 12.5 Å². The van der Waals surface area contributed by atoms with E-state index in [-0.39, 0.29) is 12.5 Å². The summed E-state index contributed by atoms with van der Waals surface area (Å²) in [4.78, 5) is 14.7. The topological polar surface area (TPSA) is 61.7 Å². The molecule has 1 atom stereocenters. The first-order valence-electron chi connectivity index (χ1n) is 4.36. The molecule has 0 radical (unpaired) electrons. The van der Waals surface area contributed by atoms with Gasteiger partial charge in [-0.3, -0.25) is 4.79 Å². The number of carboxylic acid groups (broad SMARTS) is 1. The number of hydrogen-bond donors (Lipinski definition) is 2. The van der Waals surface area contributed by atoms with E-state index in [4.69, 9.17) is 5.11 Å². The van der Waals surface area contributed by atoms with E-state index < -0.39 is 5.97 Å². The molecule has 1 aliphatic rings. The molecule has 1 heterocycles. The first-order valence-corrected chi connectivity index (χ1v) is 4.36. The quantitative estimate of drug-likeness (QED) is 0.742. The number of para-hydroxylation sites is 1. The van der Waals surface area contributed by atoms with Crippen molar-refractivity contribution in [2.24, 2.45) is 4.99 Å². The summed E-state index contributed by atoms with van der Waals surface area (Å²) in [6.45, 7) is 0. The lowest BCUT2D eigenvalue weighted by Gasteiger charge is -2.20. The number of nitrogens with one attached hydrogen (secondary N) is 1. The summed E-state index contributed by atoms with van der Waals surface area (Å²) in [5.41, 5.74) is 1.79. The number of nitrogens with zero attached hydrogens (tertiary/aromatic N) is 1. The van der Waals surface area contributed by atoms with E-state index in [0.29, 0.717) is 0 Å². The third-order valence-corrected chi connectivity index (χ3v) is 2.17. The predicted molar refractivity (Wildman–Crippen MR) is 52.7 cm³/mol. The molecule has 1 aromatic carbocycles. The molecule has 1 aliphatic heterocycles. The minimum atomic E-state index is -0.812. The van der Waals surface area contributed by atoms with Gasteiger partial charge in [0, 0.05) is 5.56 Å². The Labute approximate surface area is 81.3 Å². The van der Waals surface area contributed by atoms with Gasteiger partial charge in [-0.1, -0.05) is 18.2 Å². The van der Waals surface area contributed by atoms with Crippen LogP contribution in [-0.2, 0) is 4.79 Å². The lowest BCUT2D eigenvalue weighted by atomic mass is 10.0. The highest BCUT2D eigenvalue weighted by Crippen LogP contribution is 2.29. The Balaban J connectivity index is 2.31. The first-order chi connectivity index (χ1) is 6.77. The maximum absolute atomic E-state index is 10.6. The molecule has 14 heavy (non-hydrogen) atoms. The van der Waals surface area contributed by atoms with Gasteiger partial charge in [0.25, 0.3) is 0 Å². The third kappa shape index (κ3) is 1.59. The van der Waals surface area contributed by atoms with Gasteiger partial charge in [-0.15, -0.1) is 0 Å². The minimum absolute atomic E-state index is 0.0725. The van der Waals surface area contributed by atoms with Crippen LogP contribution in [0, 0.1) is 0 Å². The average Bonchev–Trinajstić information content (AvgIpc) is 2.18. The molecule has 1 unspecified atom stereocenters. The number of carbonyl (C=O) groups is 1. The smallest absolute Gasteiger partial charge is 0.305 e. The summed E-state index contributed by atoms with van der Waals surface area (Å²) in [7, 11) is 0. The van der Waals surface area contributed by atoms with E-state index in [1.807, 2.05) is 24.3 Å². The summed E-state index contributed by atoms with van der Waals surface area (Å²) < 4.78 is 0. The summed E-state index contributed by atoms with van der Waals surface area (Å²) in [6.07, 6.45) is 1.62. The zero-order valence-electron chi connectivity index (χ0n) is 7.47. The number of rotatable bonds is 2. The molecule has 0 spiro atoms. The highest BCUT2D eigenvalue weighted by Gasteiger charge is 2.19. The Hall–Kier alpha value is -1.84. The summed E-state index contributed by atoms with van der Waals surface area (Å²) >= 11 is 0. The lowest BCUT2D eigenvalue weighted by Crippen LogP contribution is -2.24. The Morgan fingerprint density at radius 3 is 3.07 bits per heavy atom. The largest absolute Gasteiger partial charge is 0.481 e. The molecule has 0 aromatic heterocycles. The molecule has 0 aliphatic carbocycles. The first kappa shape index (κ1) is 8.74. The van der Waals surface area contributed by atoms with Crippen molar-refractivity contribution in [3.8, 4) is 0 Å². The molecule has 72 valence electrons. The highest BCUT2D eigenvalue weighted by atomic mass is 16.4. The lowest BCUT2D eigenvalue weighted by molar-refractivity contribution is -0.137. The molecular formula is C10H10N2O2. The number of aliphatic imine (C=N–C) groups is 1. The van der Waals surface area contributed by atoms with E-state index in [9.17, 15) is 4.79 Å². The maximum Gasteiger partial charge on any atom is 0.305 e. The molecule has 2 N–H and O–H groups in total. The fourth-order valence-corrected chi connectivity index (χ4v) is 1.53. The Bertz CT molecular complexity index is 387. The van der Waals surface area contributed by atoms with Crippen LogP contribution in [0.2, 0.25) is 0 Å². The molecule has 0 saturated carbocycles. The fraction of sp³-hybridized carbons (Fsp3) is 0.200. The van der Waals surface area contributed by atoms with Crippen molar-refractivity contribution < 1.29 is 9.90 Å². The van der Waals surface area contributed by atoms with Gasteiger partial charge < -0.3 is 10.4 Å². The van der Waals surface area contributed by atoms with Gasteiger partial charge in [-0.05, 0) is 6.07 Å². The Morgan fingerprint density at radius 2 is 2.29 bits per heavy atom. The van der Waals surface area contributed by atoms with Gasteiger partial charge in [0.15, 0.2) is 0 Å². The zero-order valence-corrected chi connectivity index (χ0v) is 7.47. The molecule has 2 rings (SSSR count). The Morgan fingerprint density at radius 1 is 1.50 bits per heavy atom. The third-order valence-electron chi connectivity index (χ3n) is 2.17. The fourth-order valence-electron chi connectivity index (χ4n) is 1.53. The van der Waals surface area contributed by atoms with E-state index in [2.05, 4.69) is 10.3 Å². The molecule has 0 fully saturated rings. The monoisotopic (exact) mass is 190 g/mol. The molecule has 1 aromatic rings. The van der Waals surface area contributed by atoms with Crippen LogP contribution in [0.1, 0.15) is 18.0 Å². The Kier molecular flexibility index (Phi) is 2.18. The summed E-state index contributed by atoms with van der Waals surface area (Å²) in [6, 6.07) is 7.38. The number of carboxylic acids is 1. The van der Waals surface area contributed by atoms with E-state index in [1.54, 1.807) is 6.34 Å². The van der Waals surface area contributed by atoms with Gasteiger partial charge in [0.1, 0.15) is 0 Å². The van der Waals surface area contributed by atoms with Gasteiger partial charge in [0.05, 0.1) is 24.5 Å². The zero-order chi connectivity index (χ0) is 9.97. The van der Waals surface area contributed by atoms with Crippen LogP contribution in [0.3, 0.4) is 0 Å². The molecule has 0 bridgehead atoms. The van der Waals surface area contributed by atoms with Crippen molar-refractivity contribution in [1.29, 1.82) is 0 Å². The van der Waals surface area contributed by atoms with Crippen molar-refractivity contribution in [1.82, 2.24) is 5.32 Å². The average molecular weight is 190 g/mol. The number of aliphatic carboxylic acids is 1. The second-order valence-electron chi connectivity index (χ2n) is 3.13. The molecular weight excluding hydrogens is 180 g/mol. The van der Waals surface area contributed by atoms with Crippen LogP contribution in [-0.4, -0.2) is 17.4 Å². The normalized spacial score (nSPS) is 18.4. The van der Waals surface area contributed by atoms with Crippen molar-refractivity contribution >= 4 is 18.0 Å². The van der Waals surface area contributed by atoms with E-state index in [1.165, 1.54) is 0 Å². The van der Waals surface area contributed by atoms with Crippen molar-refractivity contribution in [3.63, 3.8) is 0 Å². The van der Waals surface area contributed by atoms with Crippen LogP contribution in [0.25, 0.3) is 0 Å². The van der Waals surface area contributed by atoms with Crippen molar-refractivity contribution in [2.75, 3.05) is 0 Å². The standard InChI is InChI=1S/C10H10N2O2/c13-10(14)5-9-7-3-1-2-4-8(7)11-6-12-9/h1-4,6,9H,5H2,(H,11,12)(H,13,14). The second kappa shape index (κ2) is 3.49. The van der Waals surface area contributed by atoms with E-state index in [0.717, 1.165) is 11.3 Å². The molecule has 0 saturated heterocycles. The number of benzene rings is 1. The van der Waals surface area contributed by atoms with E-state index >= 15 is 0 Å². The molecule has 0 amide bonds. The van der Waals surface area contributed by atoms with Crippen LogP contribution in [0.4, 0.5) is 5.69 Å². The molecule has 4 heteroatoms. The SMILES string of the molecule is O=C(O)CC1NC=Nc2ccccc21. The number of fused-ring (bicyclic) bond motifs is 1. The highest BCUT2D eigenvalue weighted by molar-refractivity contribution is 5.73. The van der Waals surface area contributed by atoms with Gasteiger partial charge >= 0.3 is 5.97 Å². The maximum atomic E-state index is 10.6. The number of hydrogen-bond acceptors (Lipinski definition) is 3. The van der Waals surface area contributed by atoms with Crippen LogP contribution in [0.15, 0.2) is 29.3 Å². The van der Waals surface area contributed by atoms with Crippen molar-refractivity contribution in [3.05, 3.63) is 29.8 Å². The summed E-state index contributed by atoms with van der Waals surface area (Å²) in [5.74, 6) is -0.812. The van der Waals surface area contributed by atoms with Crippen LogP contribution in [0.5, 0.6) is 0 Å².